The van der Waals surface area contributed by atoms with Crippen LogP contribution >= 0.6 is 27.3 Å². The minimum atomic E-state index is -3.17. The molecule has 0 aliphatic carbocycles. The first-order chi connectivity index (χ1) is 6.97. The Hall–Kier alpha value is 0.0500. The Morgan fingerprint density at radius 1 is 1.60 bits per heavy atom. The number of nitrogens with zero attached hydrogens (tertiary/aromatic N) is 1. The molecule has 86 valence electrons. The Morgan fingerprint density at radius 3 is 2.87 bits per heavy atom. The highest BCUT2D eigenvalue weighted by atomic mass is 79.9. The molecule has 0 aliphatic heterocycles. The van der Waals surface area contributed by atoms with Crippen LogP contribution in [0.5, 0.6) is 0 Å². The van der Waals surface area contributed by atoms with Gasteiger partial charge in [-0.3, -0.25) is 0 Å². The standard InChI is InChI=1S/C8H12BrN2O2S2/c1-15(12,13)11-3-2-10-5-8-4-7(9)6-14-8/h4,6,10H,2-3,5H2,1H3/q-1/p+1. The Bertz CT molecular complexity index is 403. The fourth-order valence-corrected chi connectivity index (χ4v) is 2.90. The highest BCUT2D eigenvalue weighted by molar-refractivity contribution is 9.10. The Balaban J connectivity index is 2.12. The Morgan fingerprint density at radius 2 is 2.33 bits per heavy atom. The molecule has 2 N–H and O–H groups in total. The number of hydrogen-bond donors (Lipinski definition) is 1. The molecule has 1 aromatic heterocycles. The largest absolute Gasteiger partial charge is 0.545 e. The van der Waals surface area contributed by atoms with E-state index in [0.717, 1.165) is 17.3 Å². The summed E-state index contributed by atoms with van der Waals surface area (Å²) >= 11 is 5.07. The summed E-state index contributed by atoms with van der Waals surface area (Å²) in [5.74, 6) is 0. The lowest BCUT2D eigenvalue weighted by Crippen LogP contribution is -2.83. The van der Waals surface area contributed by atoms with E-state index in [1.807, 2.05) is 10.7 Å². The van der Waals surface area contributed by atoms with E-state index >= 15 is 0 Å². The van der Waals surface area contributed by atoms with Gasteiger partial charge in [0.15, 0.2) is 0 Å². The van der Waals surface area contributed by atoms with Crippen molar-refractivity contribution >= 4 is 37.3 Å². The molecular formula is C8H13BrN2O2S2. The summed E-state index contributed by atoms with van der Waals surface area (Å²) < 4.78 is 26.0. The Kier molecular flexibility index (Phi) is 5.20. The third-order valence-corrected chi connectivity index (χ3v) is 4.00. The van der Waals surface area contributed by atoms with Gasteiger partial charge in [-0.05, 0) is 22.0 Å². The second-order valence-corrected chi connectivity index (χ2v) is 6.73. The predicted molar refractivity (Wildman–Crippen MR) is 65.6 cm³/mol. The lowest BCUT2D eigenvalue weighted by molar-refractivity contribution is -0.667. The maximum atomic E-state index is 10.7. The third-order valence-electron chi connectivity index (χ3n) is 1.63. The first kappa shape index (κ1) is 13.1. The summed E-state index contributed by atoms with van der Waals surface area (Å²) in [7, 11) is -3.17. The van der Waals surface area contributed by atoms with Crippen LogP contribution in [0.2, 0.25) is 0 Å². The van der Waals surface area contributed by atoms with Crippen LogP contribution in [0.15, 0.2) is 15.9 Å². The van der Waals surface area contributed by atoms with Crippen molar-refractivity contribution in [2.24, 2.45) is 0 Å². The van der Waals surface area contributed by atoms with Gasteiger partial charge in [-0.1, -0.05) is 6.54 Å². The number of sulfonamides is 1. The Labute approximate surface area is 102 Å². The topological polar surface area (TPSA) is 64.8 Å². The molecule has 1 rings (SSSR count). The molecule has 0 bridgehead atoms. The molecule has 1 aromatic rings. The summed E-state index contributed by atoms with van der Waals surface area (Å²) in [4.78, 5) is 1.27. The van der Waals surface area contributed by atoms with Crippen molar-refractivity contribution in [1.29, 1.82) is 0 Å². The predicted octanol–water partition coefficient (Wildman–Crippen LogP) is 0.907. The second kappa shape index (κ2) is 5.95. The smallest absolute Gasteiger partial charge is 0.111 e. The highest BCUT2D eigenvalue weighted by Gasteiger charge is 1.98. The molecule has 0 amide bonds. The summed E-state index contributed by atoms with van der Waals surface area (Å²) in [6.45, 7) is 1.92. The number of halogens is 1. The van der Waals surface area contributed by atoms with E-state index in [-0.39, 0.29) is 0 Å². The van der Waals surface area contributed by atoms with Gasteiger partial charge in [0.05, 0.1) is 21.4 Å². The molecule has 4 nitrogen and oxygen atoms in total. The molecule has 0 atom stereocenters. The molecule has 0 spiro atoms. The molecule has 0 fully saturated rings. The third kappa shape index (κ3) is 6.26. The van der Waals surface area contributed by atoms with Crippen LogP contribution in [0.1, 0.15) is 4.88 Å². The van der Waals surface area contributed by atoms with Crippen LogP contribution in [0, 0.1) is 0 Å². The molecule has 0 aromatic carbocycles. The molecule has 1 heterocycles. The maximum absolute atomic E-state index is 10.7. The molecular weight excluding hydrogens is 300 g/mol. The van der Waals surface area contributed by atoms with Crippen molar-refractivity contribution in [3.8, 4) is 0 Å². The molecule has 0 unspecified atom stereocenters. The first-order valence-corrected chi connectivity index (χ1v) is 7.93. The van der Waals surface area contributed by atoms with E-state index in [2.05, 4.69) is 26.7 Å². The molecule has 0 saturated heterocycles. The first-order valence-electron chi connectivity index (χ1n) is 4.41. The highest BCUT2D eigenvalue weighted by Crippen LogP contribution is 2.18. The van der Waals surface area contributed by atoms with Crippen LogP contribution in [-0.2, 0) is 16.6 Å². The fraction of sp³-hybridized carbons (Fsp3) is 0.500. The lowest BCUT2D eigenvalue weighted by atomic mass is 10.4. The van der Waals surface area contributed by atoms with Gasteiger partial charge in [-0.25, -0.2) is 8.42 Å². The number of thiophene rings is 1. The van der Waals surface area contributed by atoms with Crippen molar-refractivity contribution in [1.82, 2.24) is 0 Å². The zero-order chi connectivity index (χ0) is 11.3. The van der Waals surface area contributed by atoms with Crippen molar-refractivity contribution in [2.45, 2.75) is 6.54 Å². The monoisotopic (exact) mass is 312 g/mol. The van der Waals surface area contributed by atoms with Gasteiger partial charge in [0.1, 0.15) is 6.54 Å². The van der Waals surface area contributed by atoms with Gasteiger partial charge in [0.2, 0.25) is 0 Å². The quantitative estimate of drug-likeness (QED) is 0.793. The van der Waals surface area contributed by atoms with E-state index in [4.69, 9.17) is 0 Å². The summed E-state index contributed by atoms with van der Waals surface area (Å²) in [6.07, 6.45) is 1.11. The minimum absolute atomic E-state index is 0.353. The van der Waals surface area contributed by atoms with Crippen molar-refractivity contribution in [3.63, 3.8) is 0 Å². The zero-order valence-corrected chi connectivity index (χ0v) is 11.5. The van der Waals surface area contributed by atoms with Crippen molar-refractivity contribution < 1.29 is 13.7 Å². The van der Waals surface area contributed by atoms with Crippen LogP contribution < -0.4 is 5.32 Å². The van der Waals surface area contributed by atoms with Crippen molar-refractivity contribution in [2.75, 3.05) is 19.3 Å². The summed E-state index contributed by atoms with van der Waals surface area (Å²) in [5.41, 5.74) is 0. The normalized spacial score (nSPS) is 11.9. The van der Waals surface area contributed by atoms with Gasteiger partial charge < -0.3 is 10.0 Å². The van der Waals surface area contributed by atoms with E-state index in [1.165, 1.54) is 4.88 Å². The van der Waals surface area contributed by atoms with Crippen LogP contribution in [0.3, 0.4) is 0 Å². The van der Waals surface area contributed by atoms with E-state index in [9.17, 15) is 8.42 Å². The molecule has 0 radical (unpaired) electrons. The van der Waals surface area contributed by atoms with Crippen LogP contribution in [0.4, 0.5) is 0 Å². The van der Waals surface area contributed by atoms with Gasteiger partial charge in [-0.15, -0.1) is 11.3 Å². The number of rotatable bonds is 6. The second-order valence-electron chi connectivity index (χ2n) is 3.10. The van der Waals surface area contributed by atoms with Crippen LogP contribution in [-0.4, -0.2) is 27.8 Å². The van der Waals surface area contributed by atoms with E-state index in [0.29, 0.717) is 13.1 Å². The van der Waals surface area contributed by atoms with Crippen molar-refractivity contribution in [3.05, 3.63) is 25.5 Å². The van der Waals surface area contributed by atoms with Gasteiger partial charge in [-0.2, -0.15) is 0 Å². The van der Waals surface area contributed by atoms with Gasteiger partial charge >= 0.3 is 0 Å². The number of nitrogens with two attached hydrogens (primary N) is 1. The maximum Gasteiger partial charge on any atom is 0.111 e. The SMILES string of the molecule is CS(=O)(=O)[N-]CC[NH2+]Cc1cc(Br)cs1. The van der Waals surface area contributed by atoms with Gasteiger partial charge in [0.25, 0.3) is 0 Å². The average Bonchev–Trinajstić information content (AvgIpc) is 2.49. The molecule has 15 heavy (non-hydrogen) atoms. The zero-order valence-electron chi connectivity index (χ0n) is 8.31. The van der Waals surface area contributed by atoms with E-state index < -0.39 is 10.0 Å². The van der Waals surface area contributed by atoms with Crippen LogP contribution in [0.25, 0.3) is 4.72 Å². The van der Waals surface area contributed by atoms with E-state index in [1.54, 1.807) is 11.3 Å². The molecule has 0 saturated carbocycles. The number of hydrogen-bond acceptors (Lipinski definition) is 3. The molecule has 0 aliphatic rings. The lowest BCUT2D eigenvalue weighted by Gasteiger charge is -2.14. The molecule has 7 heteroatoms. The summed E-state index contributed by atoms with van der Waals surface area (Å²) in [6, 6.07) is 2.06. The van der Waals surface area contributed by atoms with Gasteiger partial charge in [0, 0.05) is 16.1 Å². The minimum Gasteiger partial charge on any atom is -0.545 e. The fourth-order valence-electron chi connectivity index (χ4n) is 1.01. The number of quaternary nitrogens is 1. The average molecular weight is 313 g/mol. The summed E-state index contributed by atoms with van der Waals surface area (Å²) in [5, 5.41) is 4.08.